The van der Waals surface area contributed by atoms with Crippen molar-refractivity contribution in [1.29, 1.82) is 0 Å². The third-order valence-corrected chi connectivity index (χ3v) is 4.89. The average Bonchev–Trinajstić information content (AvgIpc) is 2.90. The van der Waals surface area contributed by atoms with Gasteiger partial charge in [0.1, 0.15) is 5.52 Å². The molecule has 6 heteroatoms. The highest BCUT2D eigenvalue weighted by Gasteiger charge is 2.22. The van der Waals surface area contributed by atoms with Gasteiger partial charge in [-0.1, -0.05) is 13.0 Å². The fraction of sp³-hybridized carbons (Fsp3) is 0.200. The Labute approximate surface area is 122 Å². The molecular weight excluding hydrogens is 288 g/mol. The standard InChI is InChI=1S/C15H14N2O3S/c1-3-21(18,19)15-11(5-4-8-16-15)14-17-12-9-10(2)6-7-13(12)20-14/h4-9H,3H2,1-2H3. The van der Waals surface area contributed by atoms with E-state index in [2.05, 4.69) is 9.97 Å². The largest absolute Gasteiger partial charge is 0.436 e. The van der Waals surface area contributed by atoms with E-state index in [1.165, 1.54) is 6.20 Å². The van der Waals surface area contributed by atoms with Crippen LogP contribution >= 0.6 is 0 Å². The third-order valence-electron chi connectivity index (χ3n) is 3.22. The van der Waals surface area contributed by atoms with Crippen LogP contribution in [0.15, 0.2) is 46.0 Å². The zero-order valence-corrected chi connectivity index (χ0v) is 12.5. The van der Waals surface area contributed by atoms with Crippen LogP contribution in [0.4, 0.5) is 0 Å². The lowest BCUT2D eigenvalue weighted by atomic mass is 10.2. The van der Waals surface area contributed by atoms with E-state index in [-0.39, 0.29) is 16.7 Å². The fourth-order valence-corrected chi connectivity index (χ4v) is 3.08. The van der Waals surface area contributed by atoms with Gasteiger partial charge in [-0.25, -0.2) is 18.4 Å². The van der Waals surface area contributed by atoms with E-state index < -0.39 is 9.84 Å². The molecule has 0 saturated heterocycles. The van der Waals surface area contributed by atoms with Crippen molar-refractivity contribution in [2.24, 2.45) is 0 Å². The van der Waals surface area contributed by atoms with Gasteiger partial charge in [0.25, 0.3) is 0 Å². The quantitative estimate of drug-likeness (QED) is 0.743. The molecule has 0 aliphatic heterocycles. The summed E-state index contributed by atoms with van der Waals surface area (Å²) in [4.78, 5) is 8.38. The Morgan fingerprint density at radius 2 is 2.05 bits per heavy atom. The Morgan fingerprint density at radius 3 is 2.81 bits per heavy atom. The van der Waals surface area contributed by atoms with E-state index in [1.54, 1.807) is 19.1 Å². The Balaban J connectivity index is 2.24. The summed E-state index contributed by atoms with van der Waals surface area (Å²) >= 11 is 0. The maximum Gasteiger partial charge on any atom is 0.230 e. The van der Waals surface area contributed by atoms with Gasteiger partial charge in [0, 0.05) is 6.20 Å². The zero-order valence-electron chi connectivity index (χ0n) is 11.7. The van der Waals surface area contributed by atoms with Gasteiger partial charge in [-0.05, 0) is 36.8 Å². The Hall–Kier alpha value is -2.21. The topological polar surface area (TPSA) is 73.1 Å². The van der Waals surface area contributed by atoms with Crippen LogP contribution in [0.2, 0.25) is 0 Å². The van der Waals surface area contributed by atoms with E-state index in [4.69, 9.17) is 4.42 Å². The molecule has 0 spiro atoms. The minimum atomic E-state index is -3.43. The number of rotatable bonds is 3. The van der Waals surface area contributed by atoms with Crippen LogP contribution in [0.3, 0.4) is 0 Å². The summed E-state index contributed by atoms with van der Waals surface area (Å²) < 4.78 is 29.9. The summed E-state index contributed by atoms with van der Waals surface area (Å²) in [6.07, 6.45) is 1.46. The summed E-state index contributed by atoms with van der Waals surface area (Å²) in [5, 5.41) is 0.00998. The van der Waals surface area contributed by atoms with Crippen molar-refractivity contribution in [3.63, 3.8) is 0 Å². The highest BCUT2D eigenvalue weighted by atomic mass is 32.2. The minimum absolute atomic E-state index is 0.00998. The van der Waals surface area contributed by atoms with Crippen LogP contribution in [-0.4, -0.2) is 24.1 Å². The molecule has 0 unspecified atom stereocenters. The zero-order chi connectivity index (χ0) is 15.0. The number of nitrogens with zero attached hydrogens (tertiary/aromatic N) is 2. The van der Waals surface area contributed by atoms with Crippen molar-refractivity contribution in [3.05, 3.63) is 42.1 Å². The van der Waals surface area contributed by atoms with E-state index in [1.807, 2.05) is 25.1 Å². The van der Waals surface area contributed by atoms with Crippen molar-refractivity contribution in [1.82, 2.24) is 9.97 Å². The molecule has 0 aliphatic carbocycles. The molecule has 0 bridgehead atoms. The predicted molar refractivity (Wildman–Crippen MR) is 79.7 cm³/mol. The molecule has 0 amide bonds. The highest BCUT2D eigenvalue weighted by molar-refractivity contribution is 7.91. The average molecular weight is 302 g/mol. The van der Waals surface area contributed by atoms with Crippen molar-refractivity contribution >= 4 is 20.9 Å². The number of fused-ring (bicyclic) bond motifs is 1. The first kappa shape index (κ1) is 13.8. The molecule has 0 N–H and O–H groups in total. The number of benzene rings is 1. The van der Waals surface area contributed by atoms with Crippen molar-refractivity contribution < 1.29 is 12.8 Å². The molecule has 3 rings (SSSR count). The molecule has 0 saturated carbocycles. The van der Waals surface area contributed by atoms with Gasteiger partial charge in [0.2, 0.25) is 5.89 Å². The number of hydrogen-bond donors (Lipinski definition) is 0. The van der Waals surface area contributed by atoms with Crippen LogP contribution in [0, 0.1) is 6.92 Å². The van der Waals surface area contributed by atoms with Crippen molar-refractivity contribution in [2.75, 3.05) is 5.75 Å². The van der Waals surface area contributed by atoms with Gasteiger partial charge in [0.05, 0.1) is 11.3 Å². The first-order valence-electron chi connectivity index (χ1n) is 6.56. The van der Waals surface area contributed by atoms with Gasteiger partial charge in [0.15, 0.2) is 20.4 Å². The summed E-state index contributed by atoms with van der Waals surface area (Å²) in [6.45, 7) is 3.55. The lowest BCUT2D eigenvalue weighted by molar-refractivity contribution is 0.589. The second-order valence-electron chi connectivity index (χ2n) is 4.75. The number of aryl methyl sites for hydroxylation is 1. The van der Waals surface area contributed by atoms with Gasteiger partial charge < -0.3 is 4.42 Å². The Kier molecular flexibility index (Phi) is 3.25. The summed E-state index contributed by atoms with van der Waals surface area (Å²) in [5.74, 6) is 0.256. The molecule has 0 fully saturated rings. The Morgan fingerprint density at radius 1 is 1.24 bits per heavy atom. The molecule has 108 valence electrons. The monoisotopic (exact) mass is 302 g/mol. The second kappa shape index (κ2) is 4.96. The lowest BCUT2D eigenvalue weighted by Crippen LogP contribution is -2.07. The molecule has 3 aromatic rings. The summed E-state index contributed by atoms with van der Waals surface area (Å²) in [6, 6.07) is 8.97. The van der Waals surface area contributed by atoms with Crippen LogP contribution in [0.25, 0.3) is 22.6 Å². The predicted octanol–water partition coefficient (Wildman–Crippen LogP) is 2.99. The SMILES string of the molecule is CCS(=O)(=O)c1ncccc1-c1nc2cc(C)ccc2o1. The van der Waals surface area contributed by atoms with Crippen LogP contribution in [0.1, 0.15) is 12.5 Å². The molecular formula is C15H14N2O3S. The van der Waals surface area contributed by atoms with Crippen molar-refractivity contribution in [3.8, 4) is 11.5 Å². The minimum Gasteiger partial charge on any atom is -0.436 e. The number of pyridine rings is 1. The lowest BCUT2D eigenvalue weighted by Gasteiger charge is -2.04. The number of hydrogen-bond acceptors (Lipinski definition) is 5. The first-order chi connectivity index (χ1) is 10.0. The van der Waals surface area contributed by atoms with E-state index in [9.17, 15) is 8.42 Å². The third kappa shape index (κ3) is 2.42. The smallest absolute Gasteiger partial charge is 0.230 e. The summed E-state index contributed by atoms with van der Waals surface area (Å²) in [7, 11) is -3.43. The highest BCUT2D eigenvalue weighted by Crippen LogP contribution is 2.29. The maximum absolute atomic E-state index is 12.1. The van der Waals surface area contributed by atoms with E-state index in [0.717, 1.165) is 5.56 Å². The number of oxazole rings is 1. The molecule has 0 aliphatic rings. The normalized spacial score (nSPS) is 11.9. The molecule has 0 atom stereocenters. The van der Waals surface area contributed by atoms with Gasteiger partial charge in [-0.2, -0.15) is 0 Å². The second-order valence-corrected chi connectivity index (χ2v) is 6.94. The maximum atomic E-state index is 12.1. The molecule has 1 aromatic carbocycles. The van der Waals surface area contributed by atoms with Crippen molar-refractivity contribution in [2.45, 2.75) is 18.9 Å². The molecule has 5 nitrogen and oxygen atoms in total. The van der Waals surface area contributed by atoms with Gasteiger partial charge in [-0.3, -0.25) is 0 Å². The van der Waals surface area contributed by atoms with E-state index in [0.29, 0.717) is 16.7 Å². The Bertz CT molecular complexity index is 914. The molecule has 2 aromatic heterocycles. The molecule has 0 radical (unpaired) electrons. The van der Waals surface area contributed by atoms with Crippen LogP contribution < -0.4 is 0 Å². The van der Waals surface area contributed by atoms with Crippen LogP contribution in [0.5, 0.6) is 0 Å². The summed E-state index contributed by atoms with van der Waals surface area (Å²) in [5.41, 5.74) is 2.79. The number of aromatic nitrogens is 2. The molecule has 21 heavy (non-hydrogen) atoms. The first-order valence-corrected chi connectivity index (χ1v) is 8.22. The van der Waals surface area contributed by atoms with Gasteiger partial charge >= 0.3 is 0 Å². The van der Waals surface area contributed by atoms with E-state index >= 15 is 0 Å². The number of sulfone groups is 1. The molecule has 2 heterocycles. The fourth-order valence-electron chi connectivity index (χ4n) is 2.09. The van der Waals surface area contributed by atoms with Crippen LogP contribution in [-0.2, 0) is 9.84 Å². The van der Waals surface area contributed by atoms with Gasteiger partial charge in [-0.15, -0.1) is 0 Å².